The Bertz CT molecular complexity index is 337. The third-order valence-electron chi connectivity index (χ3n) is 2.71. The molecular formula is C13H21NO2. The van der Waals surface area contributed by atoms with Gasteiger partial charge in [0.25, 0.3) is 0 Å². The number of nitrogens with one attached hydrogen (secondary N) is 1. The number of hydrogen-bond donors (Lipinski definition) is 1. The first kappa shape index (κ1) is 12.8. The number of benzene rings is 1. The Balaban J connectivity index is 3.05. The summed E-state index contributed by atoms with van der Waals surface area (Å²) in [7, 11) is 5.37. The third-order valence-corrected chi connectivity index (χ3v) is 2.71. The van der Waals surface area contributed by atoms with E-state index in [1.165, 1.54) is 11.1 Å². The van der Waals surface area contributed by atoms with Gasteiger partial charge in [0.15, 0.2) is 0 Å². The topological polar surface area (TPSA) is 30.5 Å². The van der Waals surface area contributed by atoms with Gasteiger partial charge in [-0.05, 0) is 49.7 Å². The van der Waals surface area contributed by atoms with Gasteiger partial charge in [-0.1, -0.05) is 6.92 Å². The minimum atomic E-state index is 0.936. The maximum atomic E-state index is 5.40. The molecule has 0 fully saturated rings. The number of hydrogen-bond acceptors (Lipinski definition) is 3. The van der Waals surface area contributed by atoms with Crippen LogP contribution in [-0.2, 0) is 12.8 Å². The van der Waals surface area contributed by atoms with Crippen LogP contribution < -0.4 is 14.8 Å². The summed E-state index contributed by atoms with van der Waals surface area (Å²) >= 11 is 0. The molecule has 0 amide bonds. The van der Waals surface area contributed by atoms with Crippen molar-refractivity contribution in [1.29, 1.82) is 0 Å². The minimum Gasteiger partial charge on any atom is -0.496 e. The van der Waals surface area contributed by atoms with E-state index in [1.54, 1.807) is 14.2 Å². The molecule has 1 N–H and O–H groups in total. The predicted octanol–water partition coefficient (Wildman–Crippen LogP) is 2.03. The van der Waals surface area contributed by atoms with Crippen molar-refractivity contribution in [2.24, 2.45) is 0 Å². The maximum absolute atomic E-state index is 5.40. The first-order valence-electron chi connectivity index (χ1n) is 5.65. The summed E-state index contributed by atoms with van der Waals surface area (Å²) in [4.78, 5) is 0. The molecule has 0 aliphatic rings. The zero-order valence-electron chi connectivity index (χ0n) is 10.6. The summed E-state index contributed by atoms with van der Waals surface area (Å²) in [5.74, 6) is 1.90. The lowest BCUT2D eigenvalue weighted by atomic mass is 10.0. The smallest absolute Gasteiger partial charge is 0.122 e. The average Bonchev–Trinajstić information content (AvgIpc) is 2.35. The molecule has 1 rings (SSSR count). The van der Waals surface area contributed by atoms with Crippen LogP contribution in [0.2, 0.25) is 0 Å². The Hall–Kier alpha value is -1.22. The second-order valence-corrected chi connectivity index (χ2v) is 3.68. The van der Waals surface area contributed by atoms with E-state index in [2.05, 4.69) is 24.4 Å². The van der Waals surface area contributed by atoms with Crippen LogP contribution in [0.15, 0.2) is 12.1 Å². The molecule has 0 saturated heterocycles. The minimum absolute atomic E-state index is 0.936. The van der Waals surface area contributed by atoms with Gasteiger partial charge in [-0.15, -0.1) is 0 Å². The first-order chi connectivity index (χ1) is 7.76. The Morgan fingerprint density at radius 1 is 1.06 bits per heavy atom. The SMILES string of the molecule is CCc1cc(OC)c(CCNC)cc1OC. The number of ether oxygens (including phenoxy) is 2. The van der Waals surface area contributed by atoms with Crippen LogP contribution in [-0.4, -0.2) is 27.8 Å². The molecule has 3 heteroatoms. The number of likely N-dealkylation sites (N-methyl/N-ethyl adjacent to an activating group) is 1. The molecule has 1 aromatic rings. The molecule has 0 spiro atoms. The largest absolute Gasteiger partial charge is 0.496 e. The van der Waals surface area contributed by atoms with E-state index in [0.717, 1.165) is 30.9 Å². The van der Waals surface area contributed by atoms with E-state index in [9.17, 15) is 0 Å². The van der Waals surface area contributed by atoms with E-state index in [1.807, 2.05) is 7.05 Å². The van der Waals surface area contributed by atoms with Crippen molar-refractivity contribution in [1.82, 2.24) is 5.32 Å². The molecule has 0 aliphatic heterocycles. The molecule has 16 heavy (non-hydrogen) atoms. The molecule has 0 aliphatic carbocycles. The normalized spacial score (nSPS) is 10.2. The van der Waals surface area contributed by atoms with E-state index >= 15 is 0 Å². The molecule has 90 valence electrons. The van der Waals surface area contributed by atoms with Crippen molar-refractivity contribution < 1.29 is 9.47 Å². The Morgan fingerprint density at radius 3 is 2.12 bits per heavy atom. The highest BCUT2D eigenvalue weighted by molar-refractivity contribution is 5.46. The highest BCUT2D eigenvalue weighted by Crippen LogP contribution is 2.29. The molecular weight excluding hydrogens is 202 g/mol. The average molecular weight is 223 g/mol. The van der Waals surface area contributed by atoms with Crippen LogP contribution in [0.25, 0.3) is 0 Å². The van der Waals surface area contributed by atoms with E-state index in [0.29, 0.717) is 0 Å². The Morgan fingerprint density at radius 2 is 1.62 bits per heavy atom. The van der Waals surface area contributed by atoms with Crippen molar-refractivity contribution in [3.63, 3.8) is 0 Å². The number of rotatable bonds is 6. The molecule has 0 bridgehead atoms. The van der Waals surface area contributed by atoms with Gasteiger partial charge in [0.1, 0.15) is 11.5 Å². The fourth-order valence-corrected chi connectivity index (χ4v) is 1.76. The zero-order chi connectivity index (χ0) is 12.0. The van der Waals surface area contributed by atoms with Crippen LogP contribution in [0, 0.1) is 0 Å². The predicted molar refractivity (Wildman–Crippen MR) is 66.6 cm³/mol. The molecule has 0 heterocycles. The lowest BCUT2D eigenvalue weighted by Crippen LogP contribution is -2.11. The molecule has 0 atom stereocenters. The Kier molecular flexibility index (Phi) is 5.12. The van der Waals surface area contributed by atoms with Crippen LogP contribution in [0.1, 0.15) is 18.1 Å². The summed E-state index contributed by atoms with van der Waals surface area (Å²) in [6.45, 7) is 3.05. The number of methoxy groups -OCH3 is 2. The fraction of sp³-hybridized carbons (Fsp3) is 0.538. The highest BCUT2D eigenvalue weighted by atomic mass is 16.5. The van der Waals surface area contributed by atoms with Crippen LogP contribution >= 0.6 is 0 Å². The molecule has 1 aromatic carbocycles. The van der Waals surface area contributed by atoms with E-state index in [4.69, 9.17) is 9.47 Å². The molecule has 0 saturated carbocycles. The van der Waals surface area contributed by atoms with Crippen molar-refractivity contribution in [3.8, 4) is 11.5 Å². The second kappa shape index (κ2) is 6.38. The summed E-state index contributed by atoms with van der Waals surface area (Å²) in [6, 6.07) is 4.15. The third kappa shape index (κ3) is 2.89. The number of aryl methyl sites for hydroxylation is 1. The van der Waals surface area contributed by atoms with Crippen LogP contribution in [0.4, 0.5) is 0 Å². The van der Waals surface area contributed by atoms with Gasteiger partial charge >= 0.3 is 0 Å². The molecule has 3 nitrogen and oxygen atoms in total. The standard InChI is InChI=1S/C13H21NO2/c1-5-10-8-13(16-4)11(6-7-14-2)9-12(10)15-3/h8-9,14H,5-7H2,1-4H3. The highest BCUT2D eigenvalue weighted by Gasteiger charge is 2.09. The summed E-state index contributed by atoms with van der Waals surface area (Å²) in [6.07, 6.45) is 1.89. The molecule has 0 radical (unpaired) electrons. The lowest BCUT2D eigenvalue weighted by molar-refractivity contribution is 0.395. The van der Waals surface area contributed by atoms with Crippen LogP contribution in [0.3, 0.4) is 0 Å². The van der Waals surface area contributed by atoms with Gasteiger partial charge in [0, 0.05) is 0 Å². The van der Waals surface area contributed by atoms with Crippen molar-refractivity contribution in [2.45, 2.75) is 19.8 Å². The van der Waals surface area contributed by atoms with Gasteiger partial charge in [-0.2, -0.15) is 0 Å². The van der Waals surface area contributed by atoms with Gasteiger partial charge in [0.05, 0.1) is 14.2 Å². The van der Waals surface area contributed by atoms with Crippen molar-refractivity contribution in [3.05, 3.63) is 23.3 Å². The van der Waals surface area contributed by atoms with Gasteiger partial charge in [-0.25, -0.2) is 0 Å². The van der Waals surface area contributed by atoms with Crippen molar-refractivity contribution in [2.75, 3.05) is 27.8 Å². The van der Waals surface area contributed by atoms with Gasteiger partial charge < -0.3 is 14.8 Å². The molecule has 0 unspecified atom stereocenters. The van der Waals surface area contributed by atoms with Gasteiger partial charge in [0.2, 0.25) is 0 Å². The summed E-state index contributed by atoms with van der Waals surface area (Å²) in [5.41, 5.74) is 2.37. The monoisotopic (exact) mass is 223 g/mol. The summed E-state index contributed by atoms with van der Waals surface area (Å²) < 4.78 is 10.8. The fourth-order valence-electron chi connectivity index (χ4n) is 1.76. The maximum Gasteiger partial charge on any atom is 0.122 e. The first-order valence-corrected chi connectivity index (χ1v) is 5.65. The van der Waals surface area contributed by atoms with Crippen LogP contribution in [0.5, 0.6) is 11.5 Å². The quantitative estimate of drug-likeness (QED) is 0.800. The second-order valence-electron chi connectivity index (χ2n) is 3.68. The van der Waals surface area contributed by atoms with Crippen molar-refractivity contribution >= 4 is 0 Å². The van der Waals surface area contributed by atoms with E-state index in [-0.39, 0.29) is 0 Å². The molecule has 0 aromatic heterocycles. The lowest BCUT2D eigenvalue weighted by Gasteiger charge is -2.14. The zero-order valence-corrected chi connectivity index (χ0v) is 10.6. The van der Waals surface area contributed by atoms with Gasteiger partial charge in [-0.3, -0.25) is 0 Å². The van der Waals surface area contributed by atoms with E-state index < -0.39 is 0 Å². The summed E-state index contributed by atoms with van der Waals surface area (Å²) in [5, 5.41) is 3.14. The Labute approximate surface area is 97.8 Å².